The number of hydrogen-bond donors (Lipinski definition) is 1. The Morgan fingerprint density at radius 2 is 1.45 bits per heavy atom. The minimum Gasteiger partial charge on any atom is -0.345 e. The molecule has 2 aromatic heterocycles. The van der Waals surface area contributed by atoms with Crippen molar-refractivity contribution in [1.29, 1.82) is 0 Å². The van der Waals surface area contributed by atoms with Crippen molar-refractivity contribution < 1.29 is 4.79 Å². The highest BCUT2D eigenvalue weighted by Gasteiger charge is 2.15. The van der Waals surface area contributed by atoms with Gasteiger partial charge in [0.2, 0.25) is 0 Å². The lowest BCUT2D eigenvalue weighted by molar-refractivity contribution is 0.0949. The molecule has 1 N–H and O–H groups in total. The standard InChI is InChI=1S/C23H17N5O/c29-23(17-11-5-2-6-12-17)24-15-20-25-26-22-19-14-8-7-13-18(19)21(27-28(20)22)16-9-3-1-4-10-16/h1-14H,15H2,(H,24,29). The van der Waals surface area contributed by atoms with E-state index in [4.69, 9.17) is 5.10 Å². The molecule has 0 atom stereocenters. The highest BCUT2D eigenvalue weighted by Crippen LogP contribution is 2.28. The van der Waals surface area contributed by atoms with Crippen molar-refractivity contribution in [2.24, 2.45) is 0 Å². The fourth-order valence-corrected chi connectivity index (χ4v) is 3.39. The molecule has 3 aromatic carbocycles. The molecule has 0 bridgehead atoms. The molecule has 5 aromatic rings. The third kappa shape index (κ3) is 3.10. The summed E-state index contributed by atoms with van der Waals surface area (Å²) >= 11 is 0. The van der Waals surface area contributed by atoms with Crippen molar-refractivity contribution in [3.05, 3.63) is 96.3 Å². The molecule has 6 nitrogen and oxygen atoms in total. The molecular formula is C23H17N5O. The first-order chi connectivity index (χ1) is 14.3. The Labute approximate surface area is 166 Å². The molecule has 6 heteroatoms. The van der Waals surface area contributed by atoms with Gasteiger partial charge in [-0.15, -0.1) is 10.2 Å². The van der Waals surface area contributed by atoms with Gasteiger partial charge in [-0.1, -0.05) is 72.8 Å². The number of aromatic nitrogens is 4. The minimum absolute atomic E-state index is 0.161. The summed E-state index contributed by atoms with van der Waals surface area (Å²) in [6, 6.07) is 27.1. The van der Waals surface area contributed by atoms with E-state index >= 15 is 0 Å². The van der Waals surface area contributed by atoms with Gasteiger partial charge >= 0.3 is 0 Å². The Hall–Kier alpha value is -4.06. The summed E-state index contributed by atoms with van der Waals surface area (Å²) in [4.78, 5) is 12.4. The summed E-state index contributed by atoms with van der Waals surface area (Å²) in [5, 5.41) is 18.3. The van der Waals surface area contributed by atoms with Gasteiger partial charge in [-0.25, -0.2) is 0 Å². The quantitative estimate of drug-likeness (QED) is 0.514. The van der Waals surface area contributed by atoms with Crippen LogP contribution in [0.25, 0.3) is 27.7 Å². The van der Waals surface area contributed by atoms with Crippen molar-refractivity contribution in [3.63, 3.8) is 0 Å². The van der Waals surface area contributed by atoms with E-state index < -0.39 is 0 Å². The Kier molecular flexibility index (Phi) is 4.22. The second-order valence-electron chi connectivity index (χ2n) is 6.66. The number of benzene rings is 3. The fourth-order valence-electron chi connectivity index (χ4n) is 3.39. The number of rotatable bonds is 4. The average molecular weight is 379 g/mol. The predicted molar refractivity (Wildman–Crippen MR) is 111 cm³/mol. The first kappa shape index (κ1) is 17.1. The van der Waals surface area contributed by atoms with Crippen molar-refractivity contribution in [2.75, 3.05) is 0 Å². The van der Waals surface area contributed by atoms with Crippen LogP contribution >= 0.6 is 0 Å². The van der Waals surface area contributed by atoms with Crippen LogP contribution < -0.4 is 5.32 Å². The summed E-state index contributed by atoms with van der Waals surface area (Å²) in [6.07, 6.45) is 0. The molecule has 0 unspecified atom stereocenters. The van der Waals surface area contributed by atoms with Gasteiger partial charge in [0.15, 0.2) is 11.5 Å². The summed E-state index contributed by atoms with van der Waals surface area (Å²) in [5.74, 6) is 0.415. The first-order valence-electron chi connectivity index (χ1n) is 9.33. The molecule has 0 fully saturated rings. The van der Waals surface area contributed by atoms with Crippen LogP contribution in [0.3, 0.4) is 0 Å². The number of nitrogens with zero attached hydrogens (tertiary/aromatic N) is 4. The van der Waals surface area contributed by atoms with E-state index in [0.717, 1.165) is 22.0 Å². The van der Waals surface area contributed by atoms with Crippen molar-refractivity contribution in [3.8, 4) is 11.3 Å². The number of nitrogens with one attached hydrogen (secondary N) is 1. The first-order valence-corrected chi connectivity index (χ1v) is 9.33. The van der Waals surface area contributed by atoms with Gasteiger partial charge in [-0.05, 0) is 12.1 Å². The minimum atomic E-state index is -0.161. The number of amides is 1. The van der Waals surface area contributed by atoms with Crippen LogP contribution in [0.1, 0.15) is 16.2 Å². The zero-order valence-corrected chi connectivity index (χ0v) is 15.5. The molecule has 0 aliphatic carbocycles. The van der Waals surface area contributed by atoms with Gasteiger partial charge in [-0.3, -0.25) is 4.79 Å². The van der Waals surface area contributed by atoms with Gasteiger partial charge in [0, 0.05) is 21.9 Å². The molecule has 5 rings (SSSR count). The monoisotopic (exact) mass is 379 g/mol. The van der Waals surface area contributed by atoms with Crippen molar-refractivity contribution >= 4 is 22.3 Å². The Balaban J connectivity index is 1.58. The lowest BCUT2D eigenvalue weighted by Gasteiger charge is -2.09. The van der Waals surface area contributed by atoms with Crippen molar-refractivity contribution in [1.82, 2.24) is 25.1 Å². The molecule has 2 heterocycles. The Morgan fingerprint density at radius 1 is 0.793 bits per heavy atom. The van der Waals surface area contributed by atoms with Crippen LogP contribution in [0.15, 0.2) is 84.9 Å². The number of carbonyl (C=O) groups excluding carboxylic acids is 1. The zero-order chi connectivity index (χ0) is 19.6. The third-order valence-electron chi connectivity index (χ3n) is 4.82. The molecule has 0 radical (unpaired) electrons. The van der Waals surface area contributed by atoms with Gasteiger partial charge in [0.25, 0.3) is 5.91 Å². The molecule has 0 aliphatic heterocycles. The van der Waals surface area contributed by atoms with E-state index in [0.29, 0.717) is 17.0 Å². The maximum atomic E-state index is 12.4. The smallest absolute Gasteiger partial charge is 0.251 e. The Morgan fingerprint density at radius 3 is 2.21 bits per heavy atom. The molecule has 0 saturated carbocycles. The second kappa shape index (κ2) is 7.16. The van der Waals surface area contributed by atoms with Crippen LogP contribution in [0.5, 0.6) is 0 Å². The van der Waals surface area contributed by atoms with E-state index in [9.17, 15) is 4.79 Å². The van der Waals surface area contributed by atoms with Gasteiger partial charge < -0.3 is 5.32 Å². The topological polar surface area (TPSA) is 72.2 Å². The molecular weight excluding hydrogens is 362 g/mol. The molecule has 140 valence electrons. The van der Waals surface area contributed by atoms with Crippen LogP contribution in [0.4, 0.5) is 0 Å². The highest BCUT2D eigenvalue weighted by atomic mass is 16.1. The van der Waals surface area contributed by atoms with E-state index in [-0.39, 0.29) is 12.5 Å². The van der Waals surface area contributed by atoms with E-state index in [2.05, 4.69) is 15.5 Å². The maximum absolute atomic E-state index is 12.4. The average Bonchev–Trinajstić information content (AvgIpc) is 3.21. The van der Waals surface area contributed by atoms with Crippen LogP contribution in [0, 0.1) is 0 Å². The van der Waals surface area contributed by atoms with E-state index in [1.807, 2.05) is 72.8 Å². The zero-order valence-electron chi connectivity index (χ0n) is 15.5. The van der Waals surface area contributed by atoms with Gasteiger partial charge in [0.05, 0.1) is 12.2 Å². The molecule has 29 heavy (non-hydrogen) atoms. The maximum Gasteiger partial charge on any atom is 0.251 e. The summed E-state index contributed by atoms with van der Waals surface area (Å²) in [6.45, 7) is 0.231. The Bertz CT molecular complexity index is 1310. The molecule has 0 saturated heterocycles. The molecule has 1 amide bonds. The third-order valence-corrected chi connectivity index (χ3v) is 4.82. The number of carbonyl (C=O) groups is 1. The fraction of sp³-hybridized carbons (Fsp3) is 0.0435. The lowest BCUT2D eigenvalue weighted by Crippen LogP contribution is -2.24. The number of hydrogen-bond acceptors (Lipinski definition) is 4. The van der Waals surface area contributed by atoms with Crippen LogP contribution in [-0.4, -0.2) is 25.7 Å². The summed E-state index contributed by atoms with van der Waals surface area (Å²) in [5.41, 5.74) is 3.14. The normalized spacial score (nSPS) is 11.0. The van der Waals surface area contributed by atoms with Crippen LogP contribution in [0.2, 0.25) is 0 Å². The molecule has 0 aliphatic rings. The highest BCUT2D eigenvalue weighted by molar-refractivity contribution is 6.01. The second-order valence-corrected chi connectivity index (χ2v) is 6.66. The van der Waals surface area contributed by atoms with E-state index in [1.54, 1.807) is 16.6 Å². The van der Waals surface area contributed by atoms with Gasteiger partial charge in [-0.2, -0.15) is 9.61 Å². The summed E-state index contributed by atoms with van der Waals surface area (Å²) < 4.78 is 1.72. The van der Waals surface area contributed by atoms with Crippen molar-refractivity contribution in [2.45, 2.75) is 6.54 Å². The van der Waals surface area contributed by atoms with Crippen LogP contribution in [-0.2, 0) is 6.54 Å². The summed E-state index contributed by atoms with van der Waals surface area (Å²) in [7, 11) is 0. The largest absolute Gasteiger partial charge is 0.345 e. The molecule has 0 spiro atoms. The van der Waals surface area contributed by atoms with E-state index in [1.165, 1.54) is 0 Å². The number of fused-ring (bicyclic) bond motifs is 3. The lowest BCUT2D eigenvalue weighted by atomic mass is 10.1. The SMILES string of the molecule is O=C(NCc1nnc2c3ccccc3c(-c3ccccc3)nn12)c1ccccc1. The van der Waals surface area contributed by atoms with Gasteiger partial charge in [0.1, 0.15) is 0 Å². The predicted octanol–water partition coefficient (Wildman–Crippen LogP) is 3.87.